The van der Waals surface area contributed by atoms with E-state index >= 15 is 0 Å². The molecule has 1 amide bonds. The number of carbonyl (C=O) groups is 1. The molecule has 0 aromatic heterocycles. The summed E-state index contributed by atoms with van der Waals surface area (Å²) in [5.41, 5.74) is 3.50. The highest BCUT2D eigenvalue weighted by Gasteiger charge is 2.27. The molecule has 25 heavy (non-hydrogen) atoms. The van der Waals surface area contributed by atoms with Gasteiger partial charge in [-0.1, -0.05) is 97.9 Å². The minimum absolute atomic E-state index is 0.0558. The third-order valence-corrected chi connectivity index (χ3v) is 4.45. The number of benzene rings is 3. The Labute approximate surface area is 149 Å². The lowest BCUT2D eigenvalue weighted by atomic mass is 9.81. The third kappa shape index (κ3) is 4.16. The molecule has 0 aliphatic rings. The Morgan fingerprint density at radius 1 is 0.720 bits per heavy atom. The van der Waals surface area contributed by atoms with E-state index < -0.39 is 0 Å². The Kier molecular flexibility index (Phi) is 5.63. The first-order valence-corrected chi connectivity index (χ1v) is 8.73. The molecular formula is C23H23NO. The Hall–Kier alpha value is -2.87. The standard InChI is InChI=1S/C23H23NO/c1-2-21(25)24-23(20-16-10-5-11-17-20)22(18-12-6-3-7-13-18)19-14-8-4-9-15-19/h3-17,22-23H,2H2,1H3,(H,24,25)/t23-/m0/s1. The first-order chi connectivity index (χ1) is 12.3. The maximum absolute atomic E-state index is 12.3. The average Bonchev–Trinajstić information content (AvgIpc) is 2.69. The molecule has 3 aromatic rings. The molecule has 0 saturated carbocycles. The molecule has 3 rings (SSSR count). The van der Waals surface area contributed by atoms with Crippen LogP contribution in [0.2, 0.25) is 0 Å². The van der Waals surface area contributed by atoms with Crippen molar-refractivity contribution in [3.63, 3.8) is 0 Å². The van der Waals surface area contributed by atoms with Crippen LogP contribution in [0.4, 0.5) is 0 Å². The SMILES string of the molecule is CCC(=O)N[C@@H](c1ccccc1)C(c1ccccc1)c1ccccc1. The smallest absolute Gasteiger partial charge is 0.220 e. The van der Waals surface area contributed by atoms with E-state index in [4.69, 9.17) is 0 Å². The molecule has 0 bridgehead atoms. The van der Waals surface area contributed by atoms with Crippen LogP contribution in [0.15, 0.2) is 91.0 Å². The van der Waals surface area contributed by atoms with Gasteiger partial charge in [-0.15, -0.1) is 0 Å². The molecule has 0 heterocycles. The van der Waals surface area contributed by atoms with Crippen molar-refractivity contribution in [3.8, 4) is 0 Å². The van der Waals surface area contributed by atoms with E-state index in [1.54, 1.807) is 0 Å². The van der Waals surface area contributed by atoms with Crippen molar-refractivity contribution in [1.29, 1.82) is 0 Å². The molecule has 2 nitrogen and oxygen atoms in total. The number of amides is 1. The summed E-state index contributed by atoms with van der Waals surface area (Å²) in [6.07, 6.45) is 0.472. The maximum atomic E-state index is 12.3. The third-order valence-electron chi connectivity index (χ3n) is 4.45. The first-order valence-electron chi connectivity index (χ1n) is 8.73. The predicted molar refractivity (Wildman–Crippen MR) is 102 cm³/mol. The minimum Gasteiger partial charge on any atom is -0.348 e. The van der Waals surface area contributed by atoms with Crippen molar-refractivity contribution < 1.29 is 4.79 Å². The van der Waals surface area contributed by atoms with Gasteiger partial charge in [0.25, 0.3) is 0 Å². The van der Waals surface area contributed by atoms with E-state index in [1.807, 2.05) is 37.3 Å². The molecule has 0 fully saturated rings. The monoisotopic (exact) mass is 329 g/mol. The summed E-state index contributed by atoms with van der Waals surface area (Å²) in [7, 11) is 0. The van der Waals surface area contributed by atoms with Crippen LogP contribution in [0.3, 0.4) is 0 Å². The van der Waals surface area contributed by atoms with E-state index in [1.165, 1.54) is 11.1 Å². The van der Waals surface area contributed by atoms with Crippen LogP contribution in [0.5, 0.6) is 0 Å². The summed E-state index contributed by atoms with van der Waals surface area (Å²) >= 11 is 0. The minimum atomic E-state index is -0.113. The Bertz CT molecular complexity index is 745. The average molecular weight is 329 g/mol. The molecule has 1 atom stereocenters. The second-order valence-electron chi connectivity index (χ2n) is 6.11. The van der Waals surface area contributed by atoms with Crippen LogP contribution in [0, 0.1) is 0 Å². The van der Waals surface area contributed by atoms with Crippen molar-refractivity contribution in [3.05, 3.63) is 108 Å². The van der Waals surface area contributed by atoms with Gasteiger partial charge in [-0.05, 0) is 16.7 Å². The molecular weight excluding hydrogens is 306 g/mol. The van der Waals surface area contributed by atoms with Gasteiger partial charge in [-0.2, -0.15) is 0 Å². The summed E-state index contributed by atoms with van der Waals surface area (Å²) in [6, 6.07) is 30.9. The Morgan fingerprint density at radius 3 is 1.52 bits per heavy atom. The molecule has 126 valence electrons. The summed E-state index contributed by atoms with van der Waals surface area (Å²) < 4.78 is 0. The van der Waals surface area contributed by atoms with E-state index in [0.29, 0.717) is 6.42 Å². The van der Waals surface area contributed by atoms with Crippen molar-refractivity contribution >= 4 is 5.91 Å². The van der Waals surface area contributed by atoms with Gasteiger partial charge in [-0.3, -0.25) is 4.79 Å². The summed E-state index contributed by atoms with van der Waals surface area (Å²) in [5.74, 6) is 0.117. The van der Waals surface area contributed by atoms with Gasteiger partial charge in [0.2, 0.25) is 5.91 Å². The number of hydrogen-bond acceptors (Lipinski definition) is 1. The highest BCUT2D eigenvalue weighted by Crippen LogP contribution is 2.36. The first kappa shape index (κ1) is 17.0. The zero-order valence-electron chi connectivity index (χ0n) is 14.4. The summed E-state index contributed by atoms with van der Waals surface area (Å²) in [4.78, 5) is 12.3. The predicted octanol–water partition coefficient (Wildman–Crippen LogP) is 5.09. The lowest BCUT2D eigenvalue weighted by Crippen LogP contribution is -2.32. The van der Waals surface area contributed by atoms with E-state index in [-0.39, 0.29) is 17.9 Å². The molecule has 0 aliphatic heterocycles. The molecule has 3 aromatic carbocycles. The van der Waals surface area contributed by atoms with Crippen LogP contribution in [-0.2, 0) is 4.79 Å². The molecule has 0 unspecified atom stereocenters. The van der Waals surface area contributed by atoms with Gasteiger partial charge < -0.3 is 5.32 Å². The fraction of sp³-hybridized carbons (Fsp3) is 0.174. The van der Waals surface area contributed by atoms with Gasteiger partial charge in [-0.25, -0.2) is 0 Å². The summed E-state index contributed by atoms with van der Waals surface area (Å²) in [5, 5.41) is 3.24. The normalized spacial score (nSPS) is 11.9. The second kappa shape index (κ2) is 8.29. The number of nitrogens with one attached hydrogen (secondary N) is 1. The summed E-state index contributed by atoms with van der Waals surface area (Å²) in [6.45, 7) is 1.89. The number of hydrogen-bond donors (Lipinski definition) is 1. The van der Waals surface area contributed by atoms with Crippen molar-refractivity contribution in [2.24, 2.45) is 0 Å². The van der Waals surface area contributed by atoms with Gasteiger partial charge in [0.15, 0.2) is 0 Å². The highest BCUT2D eigenvalue weighted by molar-refractivity contribution is 5.76. The van der Waals surface area contributed by atoms with Gasteiger partial charge >= 0.3 is 0 Å². The number of rotatable bonds is 6. The zero-order valence-corrected chi connectivity index (χ0v) is 14.4. The van der Waals surface area contributed by atoms with Crippen LogP contribution in [-0.4, -0.2) is 5.91 Å². The zero-order chi connectivity index (χ0) is 17.5. The maximum Gasteiger partial charge on any atom is 0.220 e. The highest BCUT2D eigenvalue weighted by atomic mass is 16.1. The van der Waals surface area contributed by atoms with Crippen molar-refractivity contribution in [2.75, 3.05) is 0 Å². The van der Waals surface area contributed by atoms with Crippen molar-refractivity contribution in [2.45, 2.75) is 25.3 Å². The second-order valence-corrected chi connectivity index (χ2v) is 6.11. The van der Waals surface area contributed by atoms with E-state index in [2.05, 4.69) is 66.0 Å². The topological polar surface area (TPSA) is 29.1 Å². The Balaban J connectivity index is 2.11. The van der Waals surface area contributed by atoms with Crippen LogP contribution < -0.4 is 5.32 Å². The van der Waals surface area contributed by atoms with Gasteiger partial charge in [0.1, 0.15) is 0 Å². The molecule has 0 saturated heterocycles. The molecule has 0 spiro atoms. The van der Waals surface area contributed by atoms with Crippen LogP contribution in [0.1, 0.15) is 42.0 Å². The van der Waals surface area contributed by atoms with E-state index in [9.17, 15) is 4.79 Å². The lowest BCUT2D eigenvalue weighted by molar-refractivity contribution is -0.121. The number of carbonyl (C=O) groups excluding carboxylic acids is 1. The Morgan fingerprint density at radius 2 is 1.12 bits per heavy atom. The fourth-order valence-electron chi connectivity index (χ4n) is 3.19. The quantitative estimate of drug-likeness (QED) is 0.671. The molecule has 2 heteroatoms. The van der Waals surface area contributed by atoms with Crippen molar-refractivity contribution in [1.82, 2.24) is 5.32 Å². The van der Waals surface area contributed by atoms with Crippen LogP contribution >= 0.6 is 0 Å². The largest absolute Gasteiger partial charge is 0.348 e. The fourth-order valence-corrected chi connectivity index (χ4v) is 3.19. The van der Waals surface area contributed by atoms with Crippen LogP contribution in [0.25, 0.3) is 0 Å². The lowest BCUT2D eigenvalue weighted by Gasteiger charge is -2.29. The molecule has 0 aliphatic carbocycles. The van der Waals surface area contributed by atoms with Gasteiger partial charge in [0.05, 0.1) is 6.04 Å². The molecule has 0 radical (unpaired) electrons. The van der Waals surface area contributed by atoms with E-state index in [0.717, 1.165) is 5.56 Å². The van der Waals surface area contributed by atoms with Gasteiger partial charge in [0, 0.05) is 12.3 Å². The molecule has 1 N–H and O–H groups in total.